The van der Waals surface area contributed by atoms with Gasteiger partial charge in [0.05, 0.1) is 5.56 Å². The zero-order chi connectivity index (χ0) is 13.1. The summed E-state index contributed by atoms with van der Waals surface area (Å²) in [5.74, 6) is 0.495. The van der Waals surface area contributed by atoms with Crippen molar-refractivity contribution in [2.24, 2.45) is 0 Å². The fraction of sp³-hybridized carbons (Fsp3) is 0.417. The van der Waals surface area contributed by atoms with Gasteiger partial charge in [-0.3, -0.25) is 9.78 Å². The molecule has 5 nitrogen and oxygen atoms in total. The molecule has 2 heterocycles. The highest BCUT2D eigenvalue weighted by Gasteiger charge is 2.27. The van der Waals surface area contributed by atoms with Crippen molar-refractivity contribution in [3.63, 3.8) is 0 Å². The van der Waals surface area contributed by atoms with E-state index in [1.807, 2.05) is 0 Å². The van der Waals surface area contributed by atoms with Gasteiger partial charge in [0.2, 0.25) is 0 Å². The predicted molar refractivity (Wildman–Crippen MR) is 69.0 cm³/mol. The maximum absolute atomic E-state index is 12.2. The molecule has 1 amide bonds. The van der Waals surface area contributed by atoms with E-state index in [0.717, 1.165) is 17.9 Å². The fourth-order valence-corrected chi connectivity index (χ4v) is 3.18. The normalized spacial score (nSPS) is 18.6. The van der Waals surface area contributed by atoms with Gasteiger partial charge >= 0.3 is 5.97 Å². The monoisotopic (exact) mass is 266 g/mol. The SMILES string of the molecule is CN(C(=O)c1ncccc1C(=O)O)C1CCSC1. The van der Waals surface area contributed by atoms with Crippen molar-refractivity contribution in [3.05, 3.63) is 29.6 Å². The van der Waals surface area contributed by atoms with Crippen LogP contribution in [0, 0.1) is 0 Å². The van der Waals surface area contributed by atoms with Gasteiger partial charge in [0, 0.05) is 25.0 Å². The van der Waals surface area contributed by atoms with E-state index in [1.54, 1.807) is 23.7 Å². The van der Waals surface area contributed by atoms with E-state index in [2.05, 4.69) is 4.98 Å². The molecule has 0 bridgehead atoms. The van der Waals surface area contributed by atoms with Gasteiger partial charge in [-0.15, -0.1) is 0 Å². The van der Waals surface area contributed by atoms with Gasteiger partial charge < -0.3 is 10.0 Å². The second-order valence-corrected chi connectivity index (χ2v) is 5.29. The first kappa shape index (κ1) is 12.9. The van der Waals surface area contributed by atoms with E-state index in [-0.39, 0.29) is 23.2 Å². The molecule has 0 aliphatic carbocycles. The lowest BCUT2D eigenvalue weighted by atomic mass is 10.1. The summed E-state index contributed by atoms with van der Waals surface area (Å²) in [5.41, 5.74) is -0.0237. The van der Waals surface area contributed by atoms with Crippen LogP contribution in [0.2, 0.25) is 0 Å². The number of hydrogen-bond donors (Lipinski definition) is 1. The summed E-state index contributed by atoms with van der Waals surface area (Å²) in [6.07, 6.45) is 2.39. The summed E-state index contributed by atoms with van der Waals surface area (Å²) in [6, 6.07) is 3.09. The number of aromatic nitrogens is 1. The lowest BCUT2D eigenvalue weighted by molar-refractivity contribution is 0.0669. The van der Waals surface area contributed by atoms with Crippen molar-refractivity contribution in [2.75, 3.05) is 18.6 Å². The summed E-state index contributed by atoms with van der Waals surface area (Å²) in [4.78, 5) is 28.8. The molecule has 96 valence electrons. The maximum atomic E-state index is 12.2. The van der Waals surface area contributed by atoms with Crippen LogP contribution in [0.4, 0.5) is 0 Å². The Morgan fingerprint density at radius 2 is 2.33 bits per heavy atom. The molecule has 0 aromatic carbocycles. The molecule has 0 spiro atoms. The third kappa shape index (κ3) is 2.48. The highest BCUT2D eigenvalue weighted by atomic mass is 32.2. The van der Waals surface area contributed by atoms with E-state index < -0.39 is 5.97 Å². The smallest absolute Gasteiger partial charge is 0.338 e. The molecular formula is C12H14N2O3S. The minimum atomic E-state index is -1.12. The molecule has 1 N–H and O–H groups in total. The van der Waals surface area contributed by atoms with Crippen LogP contribution < -0.4 is 0 Å². The highest BCUT2D eigenvalue weighted by Crippen LogP contribution is 2.22. The van der Waals surface area contributed by atoms with Crippen LogP contribution in [0.1, 0.15) is 27.3 Å². The van der Waals surface area contributed by atoms with Crippen molar-refractivity contribution in [3.8, 4) is 0 Å². The van der Waals surface area contributed by atoms with E-state index in [1.165, 1.54) is 18.3 Å². The average molecular weight is 266 g/mol. The van der Waals surface area contributed by atoms with Crippen LogP contribution in [0.3, 0.4) is 0 Å². The van der Waals surface area contributed by atoms with E-state index >= 15 is 0 Å². The number of carbonyl (C=O) groups excluding carboxylic acids is 1. The van der Waals surface area contributed by atoms with E-state index in [9.17, 15) is 9.59 Å². The van der Waals surface area contributed by atoms with Crippen LogP contribution in [0.15, 0.2) is 18.3 Å². The Morgan fingerprint density at radius 1 is 1.56 bits per heavy atom. The maximum Gasteiger partial charge on any atom is 0.338 e. The molecule has 0 saturated carbocycles. The highest BCUT2D eigenvalue weighted by molar-refractivity contribution is 7.99. The third-order valence-electron chi connectivity index (χ3n) is 3.01. The standard InChI is InChI=1S/C12H14N2O3S/c1-14(8-4-6-18-7-8)11(15)10-9(12(16)17)3-2-5-13-10/h2-3,5,8H,4,6-7H2,1H3,(H,16,17). The summed E-state index contributed by atoms with van der Waals surface area (Å²) in [5, 5.41) is 9.05. The minimum absolute atomic E-state index is 0.0180. The minimum Gasteiger partial charge on any atom is -0.478 e. The van der Waals surface area contributed by atoms with Gasteiger partial charge in [-0.25, -0.2) is 4.79 Å². The molecule has 6 heteroatoms. The second-order valence-electron chi connectivity index (χ2n) is 4.14. The van der Waals surface area contributed by atoms with Gasteiger partial charge in [0.25, 0.3) is 5.91 Å². The lowest BCUT2D eigenvalue weighted by Gasteiger charge is -2.23. The quantitative estimate of drug-likeness (QED) is 0.894. The molecule has 1 aliphatic heterocycles. The molecule has 1 aromatic rings. The Labute approximate surface area is 109 Å². The molecule has 1 unspecified atom stereocenters. The number of aromatic carboxylic acids is 1. The third-order valence-corrected chi connectivity index (χ3v) is 4.16. The number of amides is 1. The molecule has 2 rings (SSSR count). The number of rotatable bonds is 3. The largest absolute Gasteiger partial charge is 0.478 e. The summed E-state index contributed by atoms with van der Waals surface area (Å²) < 4.78 is 0. The van der Waals surface area contributed by atoms with Crippen molar-refractivity contribution < 1.29 is 14.7 Å². The van der Waals surface area contributed by atoms with Gasteiger partial charge in [0.1, 0.15) is 5.69 Å². The Morgan fingerprint density at radius 3 is 2.94 bits per heavy atom. The number of carboxylic acids is 1. The zero-order valence-electron chi connectivity index (χ0n) is 10.00. The number of carboxylic acid groups (broad SMARTS) is 1. The first-order valence-corrected chi connectivity index (χ1v) is 6.80. The van der Waals surface area contributed by atoms with Crippen molar-refractivity contribution >= 4 is 23.6 Å². The molecule has 1 fully saturated rings. The molecule has 1 atom stereocenters. The first-order valence-electron chi connectivity index (χ1n) is 5.64. The Hall–Kier alpha value is -1.56. The Kier molecular flexibility index (Phi) is 3.86. The number of thioether (sulfide) groups is 1. The summed E-state index contributed by atoms with van der Waals surface area (Å²) in [7, 11) is 1.71. The second kappa shape index (κ2) is 5.39. The first-order chi connectivity index (χ1) is 8.61. The number of pyridine rings is 1. The van der Waals surface area contributed by atoms with Crippen LogP contribution in [-0.2, 0) is 0 Å². The Bertz CT molecular complexity index is 472. The average Bonchev–Trinajstić information content (AvgIpc) is 2.90. The summed E-state index contributed by atoms with van der Waals surface area (Å²) >= 11 is 1.80. The lowest BCUT2D eigenvalue weighted by Crippen LogP contribution is -2.38. The van der Waals surface area contributed by atoms with Crippen molar-refractivity contribution in [2.45, 2.75) is 12.5 Å². The molecule has 1 aliphatic rings. The van der Waals surface area contributed by atoms with Crippen molar-refractivity contribution in [1.82, 2.24) is 9.88 Å². The molecular weight excluding hydrogens is 252 g/mol. The Balaban J connectivity index is 2.25. The van der Waals surface area contributed by atoms with E-state index in [0.29, 0.717) is 0 Å². The topological polar surface area (TPSA) is 70.5 Å². The molecule has 18 heavy (non-hydrogen) atoms. The molecule has 0 radical (unpaired) electrons. The molecule has 1 saturated heterocycles. The van der Waals surface area contributed by atoms with Gasteiger partial charge in [-0.1, -0.05) is 0 Å². The van der Waals surface area contributed by atoms with Crippen LogP contribution in [0.25, 0.3) is 0 Å². The fourth-order valence-electron chi connectivity index (χ4n) is 1.91. The van der Waals surface area contributed by atoms with Crippen LogP contribution in [-0.4, -0.2) is 51.5 Å². The molecule has 1 aromatic heterocycles. The number of carbonyl (C=O) groups is 2. The number of nitrogens with zero attached hydrogens (tertiary/aromatic N) is 2. The van der Waals surface area contributed by atoms with Gasteiger partial charge in [-0.2, -0.15) is 11.8 Å². The van der Waals surface area contributed by atoms with Gasteiger partial charge in [-0.05, 0) is 24.3 Å². The van der Waals surface area contributed by atoms with Crippen LogP contribution in [0.5, 0.6) is 0 Å². The van der Waals surface area contributed by atoms with E-state index in [4.69, 9.17) is 5.11 Å². The van der Waals surface area contributed by atoms with Gasteiger partial charge in [0.15, 0.2) is 0 Å². The number of hydrogen-bond acceptors (Lipinski definition) is 4. The van der Waals surface area contributed by atoms with Crippen LogP contribution >= 0.6 is 11.8 Å². The predicted octanol–water partition coefficient (Wildman–Crippen LogP) is 1.36. The summed E-state index contributed by atoms with van der Waals surface area (Å²) in [6.45, 7) is 0. The zero-order valence-corrected chi connectivity index (χ0v) is 10.8. The van der Waals surface area contributed by atoms with Crippen molar-refractivity contribution in [1.29, 1.82) is 0 Å².